The van der Waals surface area contributed by atoms with E-state index in [9.17, 15) is 4.79 Å². The van der Waals surface area contributed by atoms with Crippen molar-refractivity contribution in [1.29, 1.82) is 0 Å². The molecule has 1 aliphatic rings. The molecular formula is C40H45BrO3Si. The average molecular weight is 682 g/mol. The molecule has 0 fully saturated rings. The van der Waals surface area contributed by atoms with Crippen molar-refractivity contribution >= 4 is 45.5 Å². The number of ether oxygens (including phenoxy) is 2. The molecule has 5 rings (SSSR count). The van der Waals surface area contributed by atoms with Gasteiger partial charge in [0.25, 0.3) is 0 Å². The molecule has 45 heavy (non-hydrogen) atoms. The van der Waals surface area contributed by atoms with E-state index in [1.54, 1.807) is 0 Å². The van der Waals surface area contributed by atoms with E-state index in [1.165, 1.54) is 15.6 Å². The van der Waals surface area contributed by atoms with Gasteiger partial charge in [-0.3, -0.25) is 0 Å². The number of halogens is 1. The molecule has 2 atom stereocenters. The van der Waals surface area contributed by atoms with Gasteiger partial charge in [0.2, 0.25) is 5.76 Å². The zero-order valence-electron chi connectivity index (χ0n) is 27.3. The van der Waals surface area contributed by atoms with Gasteiger partial charge in [0, 0.05) is 10.4 Å². The summed E-state index contributed by atoms with van der Waals surface area (Å²) in [4.78, 5) is 14.0. The predicted octanol–water partition coefficient (Wildman–Crippen LogP) is 8.38. The number of esters is 1. The smallest absolute Gasteiger partial charge is 0.373 e. The molecule has 234 valence electrons. The van der Waals surface area contributed by atoms with Gasteiger partial charge in [-0.05, 0) is 62.6 Å². The first kappa shape index (κ1) is 33.0. The standard InChI is InChI=1S/C40H45BrO3Si/c1-39(2,3)38(40(4,5)6)44-37(42)36-27-30(29-22-24-31(41)25-23-29)26-32(43-36)28-45(33-16-10-7-11-17-33,34-18-12-8-13-19-34)35-20-14-9-15-21-35/h7-25,27,30,32,38H,26,28H2,1-6H3/t30-,32-/m0/s1. The number of hydrogen-bond acceptors (Lipinski definition) is 3. The predicted molar refractivity (Wildman–Crippen MR) is 192 cm³/mol. The average Bonchev–Trinajstić information content (AvgIpc) is 3.02. The fourth-order valence-corrected chi connectivity index (χ4v) is 12.4. The van der Waals surface area contributed by atoms with Crippen molar-refractivity contribution in [2.24, 2.45) is 10.8 Å². The van der Waals surface area contributed by atoms with Gasteiger partial charge in [0.05, 0.1) is 6.10 Å². The first-order chi connectivity index (χ1) is 21.4. The molecule has 0 saturated carbocycles. The molecule has 0 aromatic heterocycles. The Morgan fingerprint density at radius 3 is 1.62 bits per heavy atom. The number of hydrogen-bond donors (Lipinski definition) is 0. The van der Waals surface area contributed by atoms with Crippen LogP contribution in [0.2, 0.25) is 6.04 Å². The van der Waals surface area contributed by atoms with Crippen LogP contribution in [0.1, 0.15) is 59.4 Å². The van der Waals surface area contributed by atoms with Crippen molar-refractivity contribution in [3.63, 3.8) is 0 Å². The summed E-state index contributed by atoms with van der Waals surface area (Å²) in [6, 6.07) is 41.9. The van der Waals surface area contributed by atoms with E-state index < -0.39 is 8.07 Å². The quantitative estimate of drug-likeness (QED) is 0.107. The maximum atomic E-state index is 14.0. The third-order valence-corrected chi connectivity index (χ3v) is 14.3. The minimum atomic E-state index is -2.62. The second-order valence-corrected chi connectivity index (χ2v) is 19.3. The highest BCUT2D eigenvalue weighted by Gasteiger charge is 2.45. The molecule has 0 aliphatic carbocycles. The Hall–Kier alpha value is -3.41. The minimum absolute atomic E-state index is 0.0103. The summed E-state index contributed by atoms with van der Waals surface area (Å²) in [6.45, 7) is 12.7. The second-order valence-electron chi connectivity index (χ2n) is 14.4. The molecule has 4 aromatic carbocycles. The van der Waals surface area contributed by atoms with E-state index in [0.717, 1.165) is 22.5 Å². The van der Waals surface area contributed by atoms with Gasteiger partial charge in [-0.2, -0.15) is 0 Å². The number of carbonyl (C=O) groups excluding carboxylic acids is 1. The van der Waals surface area contributed by atoms with Gasteiger partial charge in [-0.1, -0.05) is 161 Å². The van der Waals surface area contributed by atoms with Crippen LogP contribution < -0.4 is 15.6 Å². The van der Waals surface area contributed by atoms with Crippen LogP contribution in [0.4, 0.5) is 0 Å². The third-order valence-electron chi connectivity index (χ3n) is 8.79. The van der Waals surface area contributed by atoms with Crippen molar-refractivity contribution in [3.8, 4) is 0 Å². The molecule has 0 radical (unpaired) electrons. The van der Waals surface area contributed by atoms with Gasteiger partial charge in [0.1, 0.15) is 6.10 Å². The lowest BCUT2D eigenvalue weighted by molar-refractivity contribution is -0.164. The van der Waals surface area contributed by atoms with E-state index in [1.807, 2.05) is 6.08 Å². The molecule has 0 amide bonds. The van der Waals surface area contributed by atoms with E-state index >= 15 is 0 Å². The van der Waals surface area contributed by atoms with E-state index in [-0.39, 0.29) is 34.9 Å². The highest BCUT2D eigenvalue weighted by molar-refractivity contribution is 9.10. The topological polar surface area (TPSA) is 35.5 Å². The molecule has 0 unspecified atom stereocenters. The lowest BCUT2D eigenvalue weighted by atomic mass is 9.74. The fourth-order valence-electron chi connectivity index (χ4n) is 7.17. The Morgan fingerprint density at radius 1 is 0.756 bits per heavy atom. The molecule has 3 nitrogen and oxygen atoms in total. The van der Waals surface area contributed by atoms with Crippen LogP contribution in [-0.2, 0) is 14.3 Å². The first-order valence-electron chi connectivity index (χ1n) is 15.9. The minimum Gasteiger partial charge on any atom is -0.484 e. The van der Waals surface area contributed by atoms with Crippen molar-refractivity contribution in [2.75, 3.05) is 0 Å². The summed E-state index contributed by atoms with van der Waals surface area (Å²) in [5.74, 6) is -0.0611. The van der Waals surface area contributed by atoms with Crippen LogP contribution >= 0.6 is 15.9 Å². The first-order valence-corrected chi connectivity index (χ1v) is 18.9. The van der Waals surface area contributed by atoms with Gasteiger partial charge in [-0.25, -0.2) is 4.79 Å². The highest BCUT2D eigenvalue weighted by atomic mass is 79.9. The van der Waals surface area contributed by atoms with Gasteiger partial charge in [0.15, 0.2) is 8.07 Å². The molecule has 0 saturated heterocycles. The summed E-state index contributed by atoms with van der Waals surface area (Å²) < 4.78 is 14.1. The monoisotopic (exact) mass is 680 g/mol. The Labute approximate surface area is 278 Å². The molecule has 4 aromatic rings. The molecule has 0 N–H and O–H groups in total. The SMILES string of the molecule is CC(C)(C)C(OC(=O)C1=C[C@@H](c2ccc(Br)cc2)C[C@@H](C[Si](c2ccccc2)(c2ccccc2)c2ccccc2)O1)C(C)(C)C. The largest absolute Gasteiger partial charge is 0.484 e. The zero-order chi connectivity index (χ0) is 32.2. The Kier molecular flexibility index (Phi) is 9.90. The lowest BCUT2D eigenvalue weighted by Crippen LogP contribution is -2.68. The third kappa shape index (κ3) is 7.53. The molecule has 5 heteroatoms. The van der Waals surface area contributed by atoms with Crippen LogP contribution in [0.15, 0.2) is 132 Å². The normalized spacial score (nSPS) is 17.4. The number of carbonyl (C=O) groups is 1. The molecule has 0 spiro atoms. The van der Waals surface area contributed by atoms with E-state index in [4.69, 9.17) is 9.47 Å². The molecular weight excluding hydrogens is 636 g/mol. The Balaban J connectivity index is 1.60. The van der Waals surface area contributed by atoms with Crippen LogP contribution in [0.5, 0.6) is 0 Å². The van der Waals surface area contributed by atoms with Crippen LogP contribution in [-0.4, -0.2) is 26.3 Å². The summed E-state index contributed by atoms with van der Waals surface area (Å²) >= 11 is 3.59. The lowest BCUT2D eigenvalue weighted by Gasteiger charge is -2.41. The highest BCUT2D eigenvalue weighted by Crippen LogP contribution is 2.39. The number of rotatable bonds is 8. The second kappa shape index (κ2) is 13.5. The van der Waals surface area contributed by atoms with Crippen LogP contribution in [0, 0.1) is 10.8 Å². The van der Waals surface area contributed by atoms with Crippen molar-refractivity contribution in [1.82, 2.24) is 0 Å². The van der Waals surface area contributed by atoms with Crippen LogP contribution in [0.25, 0.3) is 0 Å². The Morgan fingerprint density at radius 2 is 1.20 bits per heavy atom. The summed E-state index contributed by atoms with van der Waals surface area (Å²) in [7, 11) is -2.62. The summed E-state index contributed by atoms with van der Waals surface area (Å²) in [5.41, 5.74) is 0.694. The maximum Gasteiger partial charge on any atom is 0.373 e. The molecule has 0 bridgehead atoms. The Bertz CT molecular complexity index is 1480. The van der Waals surface area contributed by atoms with E-state index in [0.29, 0.717) is 5.76 Å². The fraction of sp³-hybridized carbons (Fsp3) is 0.325. The molecule has 1 heterocycles. The zero-order valence-corrected chi connectivity index (χ0v) is 29.9. The van der Waals surface area contributed by atoms with E-state index in [2.05, 4.69) is 173 Å². The van der Waals surface area contributed by atoms with Crippen LogP contribution in [0.3, 0.4) is 0 Å². The van der Waals surface area contributed by atoms with Gasteiger partial charge in [-0.15, -0.1) is 0 Å². The van der Waals surface area contributed by atoms with Gasteiger partial charge >= 0.3 is 5.97 Å². The van der Waals surface area contributed by atoms with Crippen molar-refractivity contribution in [2.45, 2.75) is 72.1 Å². The van der Waals surface area contributed by atoms with Crippen molar-refractivity contribution < 1.29 is 14.3 Å². The summed E-state index contributed by atoms with van der Waals surface area (Å²) in [5, 5.41) is 3.97. The molecule has 1 aliphatic heterocycles. The summed E-state index contributed by atoms with van der Waals surface area (Å²) in [6.07, 6.45) is 2.25. The number of allylic oxidation sites excluding steroid dienone is 1. The van der Waals surface area contributed by atoms with Crippen molar-refractivity contribution in [3.05, 3.63) is 137 Å². The number of benzene rings is 4. The van der Waals surface area contributed by atoms with Gasteiger partial charge < -0.3 is 9.47 Å². The maximum absolute atomic E-state index is 14.0.